The minimum absolute atomic E-state index is 0.0283. The Bertz CT molecular complexity index is 781. The molecule has 0 aliphatic carbocycles. The Labute approximate surface area is 152 Å². The molecule has 2 fully saturated rings. The predicted molar refractivity (Wildman–Crippen MR) is 95.7 cm³/mol. The van der Waals surface area contributed by atoms with Crippen LogP contribution < -0.4 is 4.90 Å². The molecule has 1 unspecified atom stereocenters. The summed E-state index contributed by atoms with van der Waals surface area (Å²) in [5.41, 5.74) is 1.20. The standard InChI is InChI=1S/C18H24N6O2/c1-12-20-18(26-21-12)14-6-17(25)24(9-14)15-10-23(11-15)8-13-4-5-16(19-7-13)22(2)3/h4-5,7,14-15H,6,8-11H2,1-3H3. The topological polar surface area (TPSA) is 78.6 Å². The lowest BCUT2D eigenvalue weighted by Crippen LogP contribution is -2.59. The van der Waals surface area contributed by atoms with E-state index in [1.165, 1.54) is 5.56 Å². The first kappa shape index (κ1) is 17.0. The molecule has 2 aromatic rings. The number of carbonyl (C=O) groups excluding carboxylic acids is 1. The monoisotopic (exact) mass is 356 g/mol. The third kappa shape index (κ3) is 3.29. The number of rotatable bonds is 5. The molecule has 0 spiro atoms. The molecule has 1 atom stereocenters. The van der Waals surface area contributed by atoms with Crippen LogP contribution in [0, 0.1) is 6.92 Å². The highest BCUT2D eigenvalue weighted by molar-refractivity contribution is 5.80. The molecule has 8 nitrogen and oxygen atoms in total. The molecule has 0 radical (unpaired) electrons. The van der Waals surface area contributed by atoms with Gasteiger partial charge < -0.3 is 14.3 Å². The van der Waals surface area contributed by atoms with E-state index >= 15 is 0 Å². The molecule has 138 valence electrons. The van der Waals surface area contributed by atoms with Crippen molar-refractivity contribution in [1.29, 1.82) is 0 Å². The summed E-state index contributed by atoms with van der Waals surface area (Å²) in [6.07, 6.45) is 2.39. The first-order chi connectivity index (χ1) is 12.5. The Balaban J connectivity index is 1.30. The molecule has 0 bridgehead atoms. The molecular formula is C18H24N6O2. The van der Waals surface area contributed by atoms with Crippen molar-refractivity contribution < 1.29 is 9.32 Å². The molecule has 8 heteroatoms. The van der Waals surface area contributed by atoms with Crippen LogP contribution in [0.2, 0.25) is 0 Å². The van der Waals surface area contributed by atoms with Crippen molar-refractivity contribution in [1.82, 2.24) is 24.9 Å². The fourth-order valence-electron chi connectivity index (χ4n) is 3.63. The van der Waals surface area contributed by atoms with Gasteiger partial charge >= 0.3 is 0 Å². The van der Waals surface area contributed by atoms with Crippen molar-refractivity contribution in [2.75, 3.05) is 38.6 Å². The lowest BCUT2D eigenvalue weighted by Gasteiger charge is -2.44. The van der Waals surface area contributed by atoms with E-state index in [0.717, 1.165) is 25.5 Å². The molecule has 26 heavy (non-hydrogen) atoms. The summed E-state index contributed by atoms with van der Waals surface area (Å²) < 4.78 is 5.24. The molecule has 0 saturated carbocycles. The van der Waals surface area contributed by atoms with Gasteiger partial charge in [-0.3, -0.25) is 9.69 Å². The van der Waals surface area contributed by atoms with Gasteiger partial charge in [0.2, 0.25) is 11.8 Å². The minimum atomic E-state index is 0.0283. The van der Waals surface area contributed by atoms with E-state index in [0.29, 0.717) is 24.7 Å². The summed E-state index contributed by atoms with van der Waals surface area (Å²) in [4.78, 5) is 27.4. The number of carbonyl (C=O) groups is 1. The van der Waals surface area contributed by atoms with E-state index < -0.39 is 0 Å². The quantitative estimate of drug-likeness (QED) is 0.792. The molecule has 4 rings (SSSR count). The van der Waals surface area contributed by atoms with Crippen molar-refractivity contribution >= 4 is 11.7 Å². The van der Waals surface area contributed by atoms with Crippen molar-refractivity contribution in [3.63, 3.8) is 0 Å². The summed E-state index contributed by atoms with van der Waals surface area (Å²) in [6, 6.07) is 4.43. The van der Waals surface area contributed by atoms with Gasteiger partial charge in [0.15, 0.2) is 5.82 Å². The van der Waals surface area contributed by atoms with Crippen molar-refractivity contribution in [2.24, 2.45) is 0 Å². The normalized spacial score (nSPS) is 21.3. The Morgan fingerprint density at radius 3 is 2.69 bits per heavy atom. The average Bonchev–Trinajstić information content (AvgIpc) is 3.17. The van der Waals surface area contributed by atoms with Gasteiger partial charge in [-0.05, 0) is 18.6 Å². The zero-order valence-electron chi connectivity index (χ0n) is 15.4. The number of aryl methyl sites for hydroxylation is 1. The highest BCUT2D eigenvalue weighted by atomic mass is 16.5. The van der Waals surface area contributed by atoms with Crippen LogP contribution in [-0.4, -0.2) is 70.6 Å². The second kappa shape index (κ2) is 6.68. The van der Waals surface area contributed by atoms with E-state index in [1.54, 1.807) is 6.92 Å². The Kier molecular flexibility index (Phi) is 4.36. The summed E-state index contributed by atoms with van der Waals surface area (Å²) >= 11 is 0. The average molecular weight is 356 g/mol. The smallest absolute Gasteiger partial charge is 0.232 e. The lowest BCUT2D eigenvalue weighted by molar-refractivity contribution is -0.133. The number of likely N-dealkylation sites (tertiary alicyclic amines) is 2. The fourth-order valence-corrected chi connectivity index (χ4v) is 3.63. The summed E-state index contributed by atoms with van der Waals surface area (Å²) in [5, 5.41) is 3.83. The number of amides is 1. The first-order valence-corrected chi connectivity index (χ1v) is 8.94. The van der Waals surface area contributed by atoms with Crippen LogP contribution in [0.25, 0.3) is 0 Å². The maximum atomic E-state index is 12.4. The molecule has 2 aliphatic rings. The summed E-state index contributed by atoms with van der Waals surface area (Å²) in [7, 11) is 3.97. The van der Waals surface area contributed by atoms with E-state index in [9.17, 15) is 4.79 Å². The number of hydrogen-bond acceptors (Lipinski definition) is 7. The zero-order chi connectivity index (χ0) is 18.3. The van der Waals surface area contributed by atoms with Crippen LogP contribution >= 0.6 is 0 Å². The van der Waals surface area contributed by atoms with Crippen molar-refractivity contribution in [3.8, 4) is 0 Å². The van der Waals surface area contributed by atoms with Gasteiger partial charge in [-0.25, -0.2) is 4.98 Å². The first-order valence-electron chi connectivity index (χ1n) is 8.94. The maximum absolute atomic E-state index is 12.4. The third-order valence-corrected chi connectivity index (χ3v) is 5.10. The highest BCUT2D eigenvalue weighted by Gasteiger charge is 2.41. The maximum Gasteiger partial charge on any atom is 0.232 e. The van der Waals surface area contributed by atoms with E-state index in [4.69, 9.17) is 4.52 Å². The Hall–Kier alpha value is -2.48. The number of pyridine rings is 1. The van der Waals surface area contributed by atoms with Gasteiger partial charge in [0.25, 0.3) is 0 Å². The van der Waals surface area contributed by atoms with Gasteiger partial charge in [0, 0.05) is 52.9 Å². The zero-order valence-corrected chi connectivity index (χ0v) is 15.4. The summed E-state index contributed by atoms with van der Waals surface area (Å²) in [5.74, 6) is 2.38. The second-order valence-corrected chi connectivity index (χ2v) is 7.39. The van der Waals surface area contributed by atoms with E-state index in [-0.39, 0.29) is 17.9 Å². The number of aromatic nitrogens is 3. The largest absolute Gasteiger partial charge is 0.363 e. The lowest BCUT2D eigenvalue weighted by atomic mass is 10.1. The summed E-state index contributed by atoms with van der Waals surface area (Å²) in [6.45, 7) is 5.14. The molecule has 4 heterocycles. The molecule has 1 amide bonds. The fraction of sp³-hybridized carbons (Fsp3) is 0.556. The molecule has 2 aromatic heterocycles. The predicted octanol–water partition coefficient (Wildman–Crippen LogP) is 1.04. The number of nitrogens with zero attached hydrogens (tertiary/aromatic N) is 6. The molecule has 0 aromatic carbocycles. The molecule has 2 saturated heterocycles. The van der Waals surface area contributed by atoms with Crippen LogP contribution in [0.3, 0.4) is 0 Å². The van der Waals surface area contributed by atoms with Crippen molar-refractivity contribution in [3.05, 3.63) is 35.6 Å². The van der Waals surface area contributed by atoms with Crippen LogP contribution in [-0.2, 0) is 11.3 Å². The van der Waals surface area contributed by atoms with E-state index in [1.807, 2.05) is 36.2 Å². The van der Waals surface area contributed by atoms with Crippen LogP contribution in [0.1, 0.15) is 29.6 Å². The third-order valence-electron chi connectivity index (χ3n) is 5.10. The second-order valence-electron chi connectivity index (χ2n) is 7.39. The highest BCUT2D eigenvalue weighted by Crippen LogP contribution is 2.31. The van der Waals surface area contributed by atoms with E-state index in [2.05, 4.69) is 26.1 Å². The SMILES string of the molecule is Cc1noc(C2CC(=O)N(C3CN(Cc4ccc(N(C)C)nc4)C3)C2)n1. The van der Waals surface area contributed by atoms with Crippen LogP contribution in [0.5, 0.6) is 0 Å². The van der Waals surface area contributed by atoms with Gasteiger partial charge in [-0.2, -0.15) is 4.98 Å². The van der Waals surface area contributed by atoms with Crippen LogP contribution in [0.15, 0.2) is 22.9 Å². The number of hydrogen-bond donors (Lipinski definition) is 0. The molecule has 2 aliphatic heterocycles. The molecule has 0 N–H and O–H groups in total. The van der Waals surface area contributed by atoms with Gasteiger partial charge in [-0.15, -0.1) is 0 Å². The van der Waals surface area contributed by atoms with Crippen molar-refractivity contribution in [2.45, 2.75) is 31.8 Å². The van der Waals surface area contributed by atoms with Crippen LogP contribution in [0.4, 0.5) is 5.82 Å². The van der Waals surface area contributed by atoms with Gasteiger partial charge in [-0.1, -0.05) is 11.2 Å². The van der Waals surface area contributed by atoms with Gasteiger partial charge in [0.1, 0.15) is 5.82 Å². The Morgan fingerprint density at radius 1 is 1.27 bits per heavy atom. The van der Waals surface area contributed by atoms with Gasteiger partial charge in [0.05, 0.1) is 12.0 Å². The Morgan fingerprint density at radius 2 is 2.08 bits per heavy atom. The molecular weight excluding hydrogens is 332 g/mol. The number of anilines is 1. The minimum Gasteiger partial charge on any atom is -0.363 e.